The number of nitrogens with one attached hydrogen (secondary N) is 1. The summed E-state index contributed by atoms with van der Waals surface area (Å²) in [5.74, 6) is 0.847. The van der Waals surface area contributed by atoms with Crippen LogP contribution in [0, 0.1) is 0 Å². The van der Waals surface area contributed by atoms with Gasteiger partial charge in [-0.1, -0.05) is 6.42 Å². The van der Waals surface area contributed by atoms with Crippen LogP contribution < -0.4 is 5.43 Å². The summed E-state index contributed by atoms with van der Waals surface area (Å²) in [6, 6.07) is 3.90. The van der Waals surface area contributed by atoms with Crippen molar-refractivity contribution in [1.29, 1.82) is 0 Å². The van der Waals surface area contributed by atoms with E-state index in [1.807, 2.05) is 12.1 Å². The molecule has 0 aliphatic carbocycles. The molecule has 0 bridgehead atoms. The summed E-state index contributed by atoms with van der Waals surface area (Å²) in [7, 11) is 0. The minimum Gasteiger partial charge on any atom is -0.303 e. The molecular weight excluding hydrogens is 214 g/mol. The van der Waals surface area contributed by atoms with Crippen molar-refractivity contribution >= 4 is 17.0 Å². The summed E-state index contributed by atoms with van der Waals surface area (Å²) in [6.45, 7) is 2.17. The minimum atomic E-state index is 0.689. The standard InChI is InChI=1S/C12H15N5/c1-2-8-17(9-3-1)16-11-5-4-10-12(15-11)14-7-6-13-10/h4-7H,1-3,8-9H2,(H,14,15,16). The van der Waals surface area contributed by atoms with E-state index in [0.29, 0.717) is 5.65 Å². The van der Waals surface area contributed by atoms with Gasteiger partial charge in [-0.3, -0.25) is 4.98 Å². The Morgan fingerprint density at radius 3 is 2.71 bits per heavy atom. The number of hydrogen-bond acceptors (Lipinski definition) is 5. The predicted molar refractivity (Wildman–Crippen MR) is 66.4 cm³/mol. The fourth-order valence-corrected chi connectivity index (χ4v) is 2.08. The van der Waals surface area contributed by atoms with Gasteiger partial charge in [-0.2, -0.15) is 0 Å². The van der Waals surface area contributed by atoms with Crippen molar-refractivity contribution in [1.82, 2.24) is 20.0 Å². The zero-order chi connectivity index (χ0) is 11.5. The summed E-state index contributed by atoms with van der Waals surface area (Å²) >= 11 is 0. The van der Waals surface area contributed by atoms with E-state index in [-0.39, 0.29) is 0 Å². The molecule has 88 valence electrons. The van der Waals surface area contributed by atoms with E-state index in [9.17, 15) is 0 Å². The summed E-state index contributed by atoms with van der Waals surface area (Å²) in [4.78, 5) is 12.8. The number of hydrazine groups is 1. The third kappa shape index (κ3) is 2.34. The van der Waals surface area contributed by atoms with Gasteiger partial charge in [-0.05, 0) is 25.0 Å². The van der Waals surface area contributed by atoms with Crippen molar-refractivity contribution in [2.75, 3.05) is 18.5 Å². The van der Waals surface area contributed by atoms with Gasteiger partial charge in [0.15, 0.2) is 5.65 Å². The molecule has 0 amide bonds. The SMILES string of the molecule is c1cnc2nc(NN3CCCCC3)ccc2n1. The van der Waals surface area contributed by atoms with Crippen LogP contribution in [0.15, 0.2) is 24.5 Å². The lowest BCUT2D eigenvalue weighted by atomic mass is 10.2. The van der Waals surface area contributed by atoms with Gasteiger partial charge in [0.2, 0.25) is 0 Å². The third-order valence-corrected chi connectivity index (χ3v) is 2.96. The molecule has 1 N–H and O–H groups in total. The maximum atomic E-state index is 4.44. The van der Waals surface area contributed by atoms with Crippen LogP contribution in [0.25, 0.3) is 11.2 Å². The summed E-state index contributed by atoms with van der Waals surface area (Å²) in [5.41, 5.74) is 4.85. The van der Waals surface area contributed by atoms with Gasteiger partial charge >= 0.3 is 0 Å². The summed E-state index contributed by atoms with van der Waals surface area (Å²) < 4.78 is 0. The Bertz CT molecular complexity index is 507. The lowest BCUT2D eigenvalue weighted by Gasteiger charge is -2.27. The number of rotatable bonds is 2. The maximum absolute atomic E-state index is 4.44. The van der Waals surface area contributed by atoms with Crippen LogP contribution in [0.2, 0.25) is 0 Å². The van der Waals surface area contributed by atoms with Crippen molar-refractivity contribution in [2.45, 2.75) is 19.3 Å². The molecule has 2 aromatic heterocycles. The highest BCUT2D eigenvalue weighted by atomic mass is 15.5. The Hall–Kier alpha value is -1.75. The van der Waals surface area contributed by atoms with Gasteiger partial charge in [-0.25, -0.2) is 15.0 Å². The molecule has 1 aliphatic rings. The molecule has 0 atom stereocenters. The van der Waals surface area contributed by atoms with E-state index in [1.54, 1.807) is 12.4 Å². The first-order valence-corrected chi connectivity index (χ1v) is 6.01. The van der Waals surface area contributed by atoms with Gasteiger partial charge in [-0.15, -0.1) is 0 Å². The first-order chi connectivity index (χ1) is 8.42. The molecule has 5 nitrogen and oxygen atoms in total. The number of aromatic nitrogens is 3. The Balaban J connectivity index is 1.80. The molecule has 1 fully saturated rings. The highest BCUT2D eigenvalue weighted by Crippen LogP contribution is 2.13. The van der Waals surface area contributed by atoms with Gasteiger partial charge in [0, 0.05) is 25.5 Å². The molecular formula is C12H15N5. The average molecular weight is 229 g/mol. The van der Waals surface area contributed by atoms with Gasteiger partial charge in [0.25, 0.3) is 0 Å². The molecule has 0 aromatic carbocycles. The second-order valence-corrected chi connectivity index (χ2v) is 4.26. The molecule has 3 rings (SSSR count). The second-order valence-electron chi connectivity index (χ2n) is 4.26. The molecule has 1 aliphatic heterocycles. The van der Waals surface area contributed by atoms with Crippen LogP contribution in [0.4, 0.5) is 5.82 Å². The summed E-state index contributed by atoms with van der Waals surface area (Å²) in [5, 5.41) is 2.22. The molecule has 0 unspecified atom stereocenters. The van der Waals surface area contributed by atoms with Gasteiger partial charge < -0.3 is 5.43 Å². The number of nitrogens with zero attached hydrogens (tertiary/aromatic N) is 4. The zero-order valence-electron chi connectivity index (χ0n) is 9.63. The fourth-order valence-electron chi connectivity index (χ4n) is 2.08. The Labute approximate surface area is 99.9 Å². The van der Waals surface area contributed by atoms with E-state index < -0.39 is 0 Å². The van der Waals surface area contributed by atoms with E-state index in [0.717, 1.165) is 24.4 Å². The fraction of sp³-hybridized carbons (Fsp3) is 0.417. The van der Waals surface area contributed by atoms with E-state index in [4.69, 9.17) is 0 Å². The number of fused-ring (bicyclic) bond motifs is 1. The highest BCUT2D eigenvalue weighted by molar-refractivity contribution is 5.71. The van der Waals surface area contributed by atoms with Crippen molar-refractivity contribution in [3.05, 3.63) is 24.5 Å². The van der Waals surface area contributed by atoms with Crippen LogP contribution in [0.5, 0.6) is 0 Å². The van der Waals surface area contributed by atoms with E-state index >= 15 is 0 Å². The van der Waals surface area contributed by atoms with Crippen LogP contribution in [0.1, 0.15) is 19.3 Å². The second kappa shape index (κ2) is 4.63. The minimum absolute atomic E-state index is 0.689. The predicted octanol–water partition coefficient (Wildman–Crippen LogP) is 1.84. The van der Waals surface area contributed by atoms with Crippen LogP contribution in [0.3, 0.4) is 0 Å². The number of hydrogen-bond donors (Lipinski definition) is 1. The highest BCUT2D eigenvalue weighted by Gasteiger charge is 2.10. The van der Waals surface area contributed by atoms with E-state index in [1.165, 1.54) is 19.3 Å². The van der Waals surface area contributed by atoms with Crippen molar-refractivity contribution in [3.8, 4) is 0 Å². The lowest BCUT2D eigenvalue weighted by Crippen LogP contribution is -2.35. The molecule has 0 saturated carbocycles. The smallest absolute Gasteiger partial charge is 0.180 e. The van der Waals surface area contributed by atoms with Gasteiger partial charge in [0.05, 0.1) is 0 Å². The molecule has 17 heavy (non-hydrogen) atoms. The molecule has 2 aromatic rings. The first-order valence-electron chi connectivity index (χ1n) is 6.01. The Kier molecular flexibility index (Phi) is 2.83. The van der Waals surface area contributed by atoms with E-state index in [2.05, 4.69) is 25.4 Å². The normalized spacial score (nSPS) is 17.2. The largest absolute Gasteiger partial charge is 0.303 e. The van der Waals surface area contributed by atoms with Crippen LogP contribution >= 0.6 is 0 Å². The molecule has 3 heterocycles. The lowest BCUT2D eigenvalue weighted by molar-refractivity contribution is 0.272. The molecule has 5 heteroatoms. The number of piperidine rings is 1. The molecule has 0 radical (unpaired) electrons. The Morgan fingerprint density at radius 2 is 1.82 bits per heavy atom. The van der Waals surface area contributed by atoms with Crippen molar-refractivity contribution in [3.63, 3.8) is 0 Å². The van der Waals surface area contributed by atoms with Crippen LogP contribution in [-0.4, -0.2) is 33.1 Å². The third-order valence-electron chi connectivity index (χ3n) is 2.96. The Morgan fingerprint density at radius 1 is 1.00 bits per heavy atom. The summed E-state index contributed by atoms with van der Waals surface area (Å²) in [6.07, 6.45) is 7.18. The quantitative estimate of drug-likeness (QED) is 0.851. The molecule has 0 spiro atoms. The van der Waals surface area contributed by atoms with Crippen LogP contribution in [-0.2, 0) is 0 Å². The zero-order valence-corrected chi connectivity index (χ0v) is 9.63. The monoisotopic (exact) mass is 229 g/mol. The van der Waals surface area contributed by atoms with Crippen molar-refractivity contribution in [2.24, 2.45) is 0 Å². The maximum Gasteiger partial charge on any atom is 0.180 e. The van der Waals surface area contributed by atoms with Gasteiger partial charge in [0.1, 0.15) is 11.3 Å². The average Bonchev–Trinajstić information content (AvgIpc) is 2.40. The number of anilines is 1. The molecule has 1 saturated heterocycles. The number of pyridine rings is 1. The van der Waals surface area contributed by atoms with Crippen molar-refractivity contribution < 1.29 is 0 Å². The topological polar surface area (TPSA) is 53.9 Å². The first kappa shape index (κ1) is 10.4.